The van der Waals surface area contributed by atoms with E-state index < -0.39 is 11.7 Å². The number of hydrogen-bond acceptors (Lipinski definition) is 1. The molecule has 3 rings (SSSR count). The topological polar surface area (TPSA) is 37.9 Å². The molecule has 0 aliphatic rings. The van der Waals surface area contributed by atoms with Gasteiger partial charge in [0.15, 0.2) is 17.6 Å². The number of carbonyl (C=O) groups excluding carboxylic acids is 1. The lowest BCUT2D eigenvalue weighted by Gasteiger charge is -2.08. The van der Waals surface area contributed by atoms with E-state index in [-0.39, 0.29) is 12.5 Å². The van der Waals surface area contributed by atoms with Gasteiger partial charge in [-0.2, -0.15) is 13.2 Å². The predicted molar refractivity (Wildman–Crippen MR) is 88.6 cm³/mol. The molecule has 0 spiro atoms. The summed E-state index contributed by atoms with van der Waals surface area (Å²) >= 11 is 0. The second-order valence-electron chi connectivity index (χ2n) is 5.45. The summed E-state index contributed by atoms with van der Waals surface area (Å²) in [6, 6.07) is 11.9. The van der Waals surface area contributed by atoms with Crippen LogP contribution in [0.5, 0.6) is 0 Å². The predicted octanol–water partition coefficient (Wildman–Crippen LogP) is 3.69. The highest BCUT2D eigenvalue weighted by molar-refractivity contribution is 5.90. The number of fused-ring (bicyclic) bond motifs is 1. The Morgan fingerprint density at radius 1 is 1.16 bits per heavy atom. The van der Waals surface area contributed by atoms with Crippen LogP contribution in [-0.4, -0.2) is 10.5 Å². The van der Waals surface area contributed by atoms with Gasteiger partial charge in [-0.05, 0) is 36.4 Å². The molecule has 4 nitrogen and oxygen atoms in total. The zero-order valence-electron chi connectivity index (χ0n) is 13.1. The number of rotatable bonds is 4. The number of hydrogen-bond donors (Lipinski definition) is 1. The summed E-state index contributed by atoms with van der Waals surface area (Å²) in [4.78, 5) is 12.2. The molecule has 1 N–H and O–H groups in total. The van der Waals surface area contributed by atoms with E-state index in [0.29, 0.717) is 5.69 Å². The Hall–Kier alpha value is -3.09. The van der Waals surface area contributed by atoms with Gasteiger partial charge in [-0.15, -0.1) is 0 Å². The van der Waals surface area contributed by atoms with Crippen molar-refractivity contribution >= 4 is 28.8 Å². The zero-order valence-corrected chi connectivity index (χ0v) is 13.1. The first-order valence-corrected chi connectivity index (χ1v) is 7.47. The molecule has 0 atom stereocenters. The van der Waals surface area contributed by atoms with E-state index in [0.717, 1.165) is 23.2 Å². The standard InChI is InChI=1S/C18H14F3N3O/c1-2-23-12-24(16-6-4-3-5-15(16)23)11-17(25)22-14-9-7-13(8-10-14)18(19,20)21/h2-10,12H,1,11H2/p+1. The third-order valence-corrected chi connectivity index (χ3v) is 3.74. The first kappa shape index (κ1) is 16.8. The minimum atomic E-state index is -4.40. The number of imidazole rings is 1. The lowest BCUT2D eigenvalue weighted by atomic mass is 10.2. The summed E-state index contributed by atoms with van der Waals surface area (Å²) in [7, 11) is 0. The number of benzene rings is 2. The minimum Gasteiger partial charge on any atom is -0.323 e. The smallest absolute Gasteiger partial charge is 0.323 e. The van der Waals surface area contributed by atoms with E-state index in [9.17, 15) is 18.0 Å². The zero-order chi connectivity index (χ0) is 18.0. The molecule has 2 aromatic carbocycles. The number of aromatic nitrogens is 2. The molecule has 1 amide bonds. The molecule has 0 aliphatic carbocycles. The third kappa shape index (κ3) is 3.55. The van der Waals surface area contributed by atoms with Crippen molar-refractivity contribution in [3.8, 4) is 0 Å². The molecule has 1 heterocycles. The summed E-state index contributed by atoms with van der Waals surface area (Å²) in [6.45, 7) is 3.76. The van der Waals surface area contributed by atoms with E-state index >= 15 is 0 Å². The Morgan fingerprint density at radius 3 is 2.48 bits per heavy atom. The van der Waals surface area contributed by atoms with Crippen molar-refractivity contribution in [3.63, 3.8) is 0 Å². The van der Waals surface area contributed by atoms with E-state index in [1.54, 1.807) is 21.7 Å². The molecule has 0 unspecified atom stereocenters. The Labute approximate surface area is 141 Å². The first-order chi connectivity index (χ1) is 11.9. The van der Waals surface area contributed by atoms with Gasteiger partial charge in [-0.25, -0.2) is 9.13 Å². The molecule has 0 radical (unpaired) electrons. The van der Waals surface area contributed by atoms with Crippen molar-refractivity contribution in [3.05, 3.63) is 67.0 Å². The highest BCUT2D eigenvalue weighted by Gasteiger charge is 2.30. The molecule has 1 aromatic heterocycles. The number of halogens is 3. The van der Waals surface area contributed by atoms with Crippen molar-refractivity contribution in [1.82, 2.24) is 4.57 Å². The summed E-state index contributed by atoms with van der Waals surface area (Å²) < 4.78 is 41.2. The van der Waals surface area contributed by atoms with Gasteiger partial charge in [0.25, 0.3) is 5.91 Å². The largest absolute Gasteiger partial charge is 0.416 e. The van der Waals surface area contributed by atoms with E-state index in [1.807, 2.05) is 24.3 Å². The fraction of sp³-hybridized carbons (Fsp3) is 0.111. The van der Waals surface area contributed by atoms with Gasteiger partial charge in [0.1, 0.15) is 0 Å². The molecule has 25 heavy (non-hydrogen) atoms. The maximum atomic E-state index is 12.6. The fourth-order valence-corrected chi connectivity index (χ4v) is 2.57. The molecule has 128 valence electrons. The second-order valence-corrected chi connectivity index (χ2v) is 5.45. The average molecular weight is 346 g/mol. The van der Waals surface area contributed by atoms with Crippen LogP contribution in [0, 0.1) is 0 Å². The molecule has 3 aromatic rings. The van der Waals surface area contributed by atoms with Gasteiger partial charge < -0.3 is 5.32 Å². The lowest BCUT2D eigenvalue weighted by molar-refractivity contribution is -0.658. The highest BCUT2D eigenvalue weighted by atomic mass is 19.4. The van der Waals surface area contributed by atoms with Crippen molar-refractivity contribution in [2.75, 3.05) is 5.32 Å². The number of nitrogens with zero attached hydrogens (tertiary/aromatic N) is 2. The van der Waals surface area contributed by atoms with Crippen LogP contribution in [0.4, 0.5) is 18.9 Å². The van der Waals surface area contributed by atoms with Crippen LogP contribution < -0.4 is 9.88 Å². The fourth-order valence-electron chi connectivity index (χ4n) is 2.57. The summed E-state index contributed by atoms with van der Waals surface area (Å²) in [5.41, 5.74) is 1.31. The summed E-state index contributed by atoms with van der Waals surface area (Å²) in [5, 5.41) is 2.60. The second kappa shape index (κ2) is 6.43. The molecule has 7 heteroatoms. The van der Waals surface area contributed by atoms with Crippen molar-refractivity contribution in [1.29, 1.82) is 0 Å². The highest BCUT2D eigenvalue weighted by Crippen LogP contribution is 2.29. The molecule has 0 bridgehead atoms. The van der Waals surface area contributed by atoms with Gasteiger partial charge in [0.05, 0.1) is 11.8 Å². The van der Waals surface area contributed by atoms with Gasteiger partial charge in [-0.1, -0.05) is 18.7 Å². The quantitative estimate of drug-likeness (QED) is 0.719. The Bertz CT molecular complexity index is 927. The number of para-hydroxylation sites is 2. The van der Waals surface area contributed by atoms with Crippen LogP contribution in [0.3, 0.4) is 0 Å². The van der Waals surface area contributed by atoms with Crippen LogP contribution in [0.15, 0.2) is 61.4 Å². The first-order valence-electron chi connectivity index (χ1n) is 7.47. The summed E-state index contributed by atoms with van der Waals surface area (Å²) in [6.07, 6.45) is -1.03. The monoisotopic (exact) mass is 346 g/mol. The maximum absolute atomic E-state index is 12.6. The maximum Gasteiger partial charge on any atom is 0.416 e. The Kier molecular flexibility index (Phi) is 4.31. The lowest BCUT2D eigenvalue weighted by Crippen LogP contribution is -2.39. The Balaban J connectivity index is 1.76. The normalized spacial score (nSPS) is 11.5. The molecular formula is C18H15F3N3O+. The van der Waals surface area contributed by atoms with Gasteiger partial charge in [-0.3, -0.25) is 4.79 Å². The minimum absolute atomic E-state index is 0.0301. The number of anilines is 1. The van der Waals surface area contributed by atoms with Crippen LogP contribution >= 0.6 is 0 Å². The van der Waals surface area contributed by atoms with Crippen LogP contribution in [0.25, 0.3) is 17.2 Å². The van der Waals surface area contributed by atoms with Gasteiger partial charge in [0, 0.05) is 5.69 Å². The number of amides is 1. The van der Waals surface area contributed by atoms with Crippen molar-refractivity contribution in [2.24, 2.45) is 0 Å². The van der Waals surface area contributed by atoms with Gasteiger partial charge in [0.2, 0.25) is 6.33 Å². The molecular weight excluding hydrogens is 331 g/mol. The van der Waals surface area contributed by atoms with E-state index in [2.05, 4.69) is 11.9 Å². The van der Waals surface area contributed by atoms with Gasteiger partial charge >= 0.3 is 6.18 Å². The van der Waals surface area contributed by atoms with E-state index in [4.69, 9.17) is 0 Å². The summed E-state index contributed by atoms with van der Waals surface area (Å²) in [5.74, 6) is -0.336. The molecule has 0 saturated heterocycles. The average Bonchev–Trinajstić information content (AvgIpc) is 2.92. The SMILES string of the molecule is C=Cn1c[n+](CC(=O)Nc2ccc(C(F)(F)F)cc2)c2ccccc21. The number of carbonyl (C=O) groups is 1. The van der Waals surface area contributed by atoms with E-state index in [1.165, 1.54) is 12.1 Å². The third-order valence-electron chi connectivity index (χ3n) is 3.74. The van der Waals surface area contributed by atoms with Crippen LogP contribution in [-0.2, 0) is 17.5 Å². The van der Waals surface area contributed by atoms with Crippen molar-refractivity contribution in [2.45, 2.75) is 12.7 Å². The number of nitrogens with one attached hydrogen (secondary N) is 1. The number of alkyl halides is 3. The Morgan fingerprint density at radius 2 is 1.84 bits per heavy atom. The van der Waals surface area contributed by atoms with Crippen molar-refractivity contribution < 1.29 is 22.5 Å². The molecule has 0 saturated carbocycles. The van der Waals surface area contributed by atoms with Crippen LogP contribution in [0.1, 0.15) is 5.56 Å². The molecule has 0 fully saturated rings. The molecule has 0 aliphatic heterocycles. The van der Waals surface area contributed by atoms with Crippen LogP contribution in [0.2, 0.25) is 0 Å².